The minimum absolute atomic E-state index is 0.0786. The van der Waals surface area contributed by atoms with Gasteiger partial charge in [0.05, 0.1) is 6.61 Å². The van der Waals surface area contributed by atoms with Gasteiger partial charge in [0.2, 0.25) is 0 Å². The smallest absolute Gasteiger partial charge is 0.0608 e. The predicted octanol–water partition coefficient (Wildman–Crippen LogP) is 0.571. The van der Waals surface area contributed by atoms with Crippen molar-refractivity contribution in [2.75, 3.05) is 19.7 Å². The second kappa shape index (κ2) is 4.40. The normalized spacial score (nSPS) is 29.1. The molecular formula is C10H22N2O. The average molecular weight is 186 g/mol. The Morgan fingerprint density at radius 3 is 2.77 bits per heavy atom. The van der Waals surface area contributed by atoms with E-state index in [0.717, 1.165) is 13.0 Å². The van der Waals surface area contributed by atoms with E-state index in [1.54, 1.807) is 0 Å². The van der Waals surface area contributed by atoms with Gasteiger partial charge in [0.15, 0.2) is 0 Å². The van der Waals surface area contributed by atoms with E-state index in [1.165, 1.54) is 19.4 Å². The Hall–Kier alpha value is -0.120. The van der Waals surface area contributed by atoms with Crippen molar-refractivity contribution in [3.8, 4) is 0 Å². The van der Waals surface area contributed by atoms with Gasteiger partial charge < -0.3 is 15.7 Å². The Kier molecular flexibility index (Phi) is 3.71. The van der Waals surface area contributed by atoms with Gasteiger partial charge in [-0.05, 0) is 39.7 Å². The number of aliphatic hydroxyl groups excluding tert-OH is 1. The second-order valence-electron chi connectivity index (χ2n) is 4.59. The highest BCUT2D eigenvalue weighted by Gasteiger charge is 2.23. The molecule has 1 rings (SSSR count). The minimum atomic E-state index is -0.400. The summed E-state index contributed by atoms with van der Waals surface area (Å²) >= 11 is 0. The van der Waals surface area contributed by atoms with Gasteiger partial charge in [-0.2, -0.15) is 0 Å². The van der Waals surface area contributed by atoms with Gasteiger partial charge in [-0.15, -0.1) is 0 Å². The van der Waals surface area contributed by atoms with Crippen LogP contribution in [0.1, 0.15) is 33.1 Å². The second-order valence-corrected chi connectivity index (χ2v) is 4.59. The van der Waals surface area contributed by atoms with E-state index in [9.17, 15) is 0 Å². The maximum Gasteiger partial charge on any atom is 0.0608 e. The topological polar surface area (TPSA) is 49.5 Å². The van der Waals surface area contributed by atoms with Crippen LogP contribution in [0.15, 0.2) is 0 Å². The largest absolute Gasteiger partial charge is 0.394 e. The first-order chi connectivity index (χ1) is 6.05. The Morgan fingerprint density at radius 2 is 2.31 bits per heavy atom. The average Bonchev–Trinajstić information content (AvgIpc) is 2.48. The molecule has 0 aromatic heterocycles. The summed E-state index contributed by atoms with van der Waals surface area (Å²) in [7, 11) is 0. The number of nitrogens with zero attached hydrogens (tertiary/aromatic N) is 1. The van der Waals surface area contributed by atoms with Crippen molar-refractivity contribution >= 4 is 0 Å². The molecule has 0 aromatic carbocycles. The number of rotatable bonds is 4. The number of hydrogen-bond acceptors (Lipinski definition) is 3. The lowest BCUT2D eigenvalue weighted by molar-refractivity contribution is 0.172. The summed E-state index contributed by atoms with van der Waals surface area (Å²) in [5.41, 5.74) is 5.46. The fraction of sp³-hybridized carbons (Fsp3) is 1.00. The van der Waals surface area contributed by atoms with Crippen molar-refractivity contribution in [3.63, 3.8) is 0 Å². The van der Waals surface area contributed by atoms with E-state index in [4.69, 9.17) is 10.8 Å². The number of aliphatic hydroxyl groups is 1. The van der Waals surface area contributed by atoms with Crippen LogP contribution in [0.3, 0.4) is 0 Å². The van der Waals surface area contributed by atoms with E-state index in [-0.39, 0.29) is 6.61 Å². The highest BCUT2D eigenvalue weighted by atomic mass is 16.3. The zero-order valence-electron chi connectivity index (χ0n) is 8.79. The standard InChI is InChI=1S/C10H22N2O/c1-9-4-3-6-12(9)7-5-10(2,11)8-13/h9,13H,3-8,11H2,1-2H3. The molecule has 3 heteroatoms. The zero-order valence-corrected chi connectivity index (χ0v) is 8.79. The third kappa shape index (κ3) is 3.25. The van der Waals surface area contributed by atoms with Crippen LogP contribution in [0.2, 0.25) is 0 Å². The molecule has 2 unspecified atom stereocenters. The molecule has 0 spiro atoms. The summed E-state index contributed by atoms with van der Waals surface area (Å²) in [6.45, 7) is 6.47. The molecule has 0 bridgehead atoms. The van der Waals surface area contributed by atoms with Gasteiger partial charge in [0.25, 0.3) is 0 Å². The van der Waals surface area contributed by atoms with Gasteiger partial charge in [-0.3, -0.25) is 0 Å². The molecule has 0 aromatic rings. The molecule has 2 atom stereocenters. The Balaban J connectivity index is 2.25. The van der Waals surface area contributed by atoms with Crippen LogP contribution in [0.25, 0.3) is 0 Å². The fourth-order valence-electron chi connectivity index (χ4n) is 1.80. The summed E-state index contributed by atoms with van der Waals surface area (Å²) in [5, 5.41) is 8.99. The zero-order chi connectivity index (χ0) is 9.90. The summed E-state index contributed by atoms with van der Waals surface area (Å²) in [5.74, 6) is 0. The van der Waals surface area contributed by atoms with E-state index in [1.807, 2.05) is 6.92 Å². The number of likely N-dealkylation sites (tertiary alicyclic amines) is 1. The molecule has 78 valence electrons. The van der Waals surface area contributed by atoms with Crippen LogP contribution in [-0.4, -0.2) is 41.3 Å². The van der Waals surface area contributed by atoms with Gasteiger partial charge in [-0.1, -0.05) is 0 Å². The van der Waals surface area contributed by atoms with Crippen LogP contribution in [0.4, 0.5) is 0 Å². The van der Waals surface area contributed by atoms with E-state index >= 15 is 0 Å². The van der Waals surface area contributed by atoms with Gasteiger partial charge >= 0.3 is 0 Å². The molecule has 1 aliphatic heterocycles. The molecule has 1 heterocycles. The monoisotopic (exact) mass is 186 g/mol. The molecule has 0 aliphatic carbocycles. The predicted molar refractivity (Wildman–Crippen MR) is 54.6 cm³/mol. The summed E-state index contributed by atoms with van der Waals surface area (Å²) in [6, 6.07) is 0.703. The SMILES string of the molecule is CC1CCCN1CCC(C)(N)CO. The van der Waals surface area contributed by atoms with E-state index < -0.39 is 5.54 Å². The van der Waals surface area contributed by atoms with E-state index in [0.29, 0.717) is 6.04 Å². The van der Waals surface area contributed by atoms with Crippen LogP contribution in [0.5, 0.6) is 0 Å². The molecule has 0 radical (unpaired) electrons. The lowest BCUT2D eigenvalue weighted by Crippen LogP contribution is -2.44. The lowest BCUT2D eigenvalue weighted by atomic mass is 10.0. The molecule has 1 saturated heterocycles. The molecule has 1 aliphatic rings. The lowest BCUT2D eigenvalue weighted by Gasteiger charge is -2.27. The molecular weight excluding hydrogens is 164 g/mol. The van der Waals surface area contributed by atoms with Gasteiger partial charge in [0, 0.05) is 18.1 Å². The maximum atomic E-state index is 8.99. The van der Waals surface area contributed by atoms with Gasteiger partial charge in [0.1, 0.15) is 0 Å². The highest BCUT2D eigenvalue weighted by molar-refractivity contribution is 4.82. The number of hydrogen-bond donors (Lipinski definition) is 2. The molecule has 0 saturated carbocycles. The van der Waals surface area contributed by atoms with Crippen molar-refractivity contribution in [3.05, 3.63) is 0 Å². The Labute approximate surface area is 80.9 Å². The molecule has 3 N–H and O–H groups in total. The van der Waals surface area contributed by atoms with Crippen LogP contribution < -0.4 is 5.73 Å². The quantitative estimate of drug-likeness (QED) is 0.675. The summed E-state index contributed by atoms with van der Waals surface area (Å²) < 4.78 is 0. The Bertz CT molecular complexity index is 159. The van der Waals surface area contributed by atoms with Crippen molar-refractivity contribution < 1.29 is 5.11 Å². The molecule has 13 heavy (non-hydrogen) atoms. The highest BCUT2D eigenvalue weighted by Crippen LogP contribution is 2.18. The first-order valence-corrected chi connectivity index (χ1v) is 5.19. The molecule has 3 nitrogen and oxygen atoms in total. The third-order valence-electron chi connectivity index (χ3n) is 3.02. The van der Waals surface area contributed by atoms with Crippen molar-refractivity contribution in [1.82, 2.24) is 4.90 Å². The molecule has 1 fully saturated rings. The Morgan fingerprint density at radius 1 is 1.62 bits per heavy atom. The maximum absolute atomic E-state index is 8.99. The van der Waals surface area contributed by atoms with Crippen LogP contribution in [-0.2, 0) is 0 Å². The third-order valence-corrected chi connectivity index (χ3v) is 3.02. The van der Waals surface area contributed by atoms with E-state index in [2.05, 4.69) is 11.8 Å². The summed E-state index contributed by atoms with van der Waals surface area (Å²) in [6.07, 6.45) is 3.50. The van der Waals surface area contributed by atoms with Crippen LogP contribution in [0, 0.1) is 0 Å². The first kappa shape index (κ1) is 11.0. The van der Waals surface area contributed by atoms with Crippen molar-refractivity contribution in [1.29, 1.82) is 0 Å². The van der Waals surface area contributed by atoms with Gasteiger partial charge in [-0.25, -0.2) is 0 Å². The fourth-order valence-corrected chi connectivity index (χ4v) is 1.80. The molecule has 0 amide bonds. The summed E-state index contributed by atoms with van der Waals surface area (Å²) in [4.78, 5) is 2.46. The van der Waals surface area contributed by atoms with Crippen LogP contribution >= 0.6 is 0 Å². The minimum Gasteiger partial charge on any atom is -0.394 e. The first-order valence-electron chi connectivity index (χ1n) is 5.19. The van der Waals surface area contributed by atoms with Crippen molar-refractivity contribution in [2.24, 2.45) is 5.73 Å². The van der Waals surface area contributed by atoms with Crippen molar-refractivity contribution in [2.45, 2.75) is 44.7 Å². The number of nitrogens with two attached hydrogens (primary N) is 1.